The molecule has 0 spiro atoms. The van der Waals surface area contributed by atoms with Crippen molar-refractivity contribution in [3.63, 3.8) is 0 Å². The molecule has 0 bridgehead atoms. The van der Waals surface area contributed by atoms with Crippen LogP contribution in [-0.2, 0) is 23.6 Å². The van der Waals surface area contributed by atoms with Gasteiger partial charge < -0.3 is 5.32 Å². The smallest absolute Gasteiger partial charge is 0.0441 e. The molecule has 0 amide bonds. The highest BCUT2D eigenvalue weighted by molar-refractivity contribution is 7.84. The Labute approximate surface area is 113 Å². The fourth-order valence-corrected chi connectivity index (χ4v) is 2.77. The van der Waals surface area contributed by atoms with Crippen LogP contribution >= 0.6 is 0 Å². The third kappa shape index (κ3) is 3.21. The molecule has 1 aliphatic carbocycles. The van der Waals surface area contributed by atoms with Crippen LogP contribution in [0.25, 0.3) is 0 Å². The topological polar surface area (TPSA) is 29.1 Å². The standard InChI is InChI=1S/C15H23NOS/c1-11(18(3)17)10-16-12(2)14-8-7-13-5-4-6-15(13)9-14/h7-9,11-12,16H,4-6,10H2,1-3H3. The lowest BCUT2D eigenvalue weighted by atomic mass is 10.0. The summed E-state index contributed by atoms with van der Waals surface area (Å²) in [5.41, 5.74) is 4.40. The molecule has 0 radical (unpaired) electrons. The van der Waals surface area contributed by atoms with Crippen LogP contribution in [0.15, 0.2) is 18.2 Å². The molecule has 0 aliphatic heterocycles. The van der Waals surface area contributed by atoms with Gasteiger partial charge in [0.05, 0.1) is 0 Å². The Kier molecular flexibility index (Phi) is 4.57. The number of rotatable bonds is 5. The number of benzene rings is 1. The zero-order chi connectivity index (χ0) is 13.1. The van der Waals surface area contributed by atoms with Crippen molar-refractivity contribution in [1.82, 2.24) is 5.32 Å². The fraction of sp³-hybridized carbons (Fsp3) is 0.600. The second kappa shape index (κ2) is 5.98. The van der Waals surface area contributed by atoms with E-state index in [9.17, 15) is 4.21 Å². The van der Waals surface area contributed by atoms with Gasteiger partial charge in [-0.15, -0.1) is 0 Å². The SMILES string of the molecule is CC(NCC(C)S(C)=O)c1ccc2c(c1)CCC2. The summed E-state index contributed by atoms with van der Waals surface area (Å²) in [6.45, 7) is 5.02. The summed E-state index contributed by atoms with van der Waals surface area (Å²) in [4.78, 5) is 0. The molecule has 1 aromatic rings. The van der Waals surface area contributed by atoms with Gasteiger partial charge in [-0.1, -0.05) is 18.2 Å². The Morgan fingerprint density at radius 1 is 1.28 bits per heavy atom. The molecule has 1 aliphatic rings. The Bertz CT molecular complexity index is 444. The maximum absolute atomic E-state index is 11.3. The lowest BCUT2D eigenvalue weighted by Gasteiger charge is -2.17. The predicted molar refractivity (Wildman–Crippen MR) is 78.4 cm³/mol. The molecule has 2 nitrogen and oxygen atoms in total. The molecule has 0 saturated carbocycles. The van der Waals surface area contributed by atoms with Gasteiger partial charge in [-0.2, -0.15) is 0 Å². The average molecular weight is 265 g/mol. The van der Waals surface area contributed by atoms with Crippen LogP contribution in [0.2, 0.25) is 0 Å². The van der Waals surface area contributed by atoms with Crippen molar-refractivity contribution in [2.45, 2.75) is 44.4 Å². The van der Waals surface area contributed by atoms with Crippen LogP contribution in [0, 0.1) is 0 Å². The van der Waals surface area contributed by atoms with Crippen molar-refractivity contribution in [1.29, 1.82) is 0 Å². The maximum Gasteiger partial charge on any atom is 0.0441 e. The van der Waals surface area contributed by atoms with Gasteiger partial charge in [0.2, 0.25) is 0 Å². The minimum Gasteiger partial charge on any atom is -0.309 e. The van der Waals surface area contributed by atoms with Crippen molar-refractivity contribution < 1.29 is 4.21 Å². The number of fused-ring (bicyclic) bond motifs is 1. The predicted octanol–water partition coefficient (Wildman–Crippen LogP) is 2.59. The van der Waals surface area contributed by atoms with Gasteiger partial charge in [0.25, 0.3) is 0 Å². The highest BCUT2D eigenvalue weighted by Crippen LogP contribution is 2.25. The quantitative estimate of drug-likeness (QED) is 0.886. The molecule has 2 rings (SSSR count). The molecule has 3 unspecified atom stereocenters. The van der Waals surface area contributed by atoms with Crippen LogP contribution < -0.4 is 5.32 Å². The third-order valence-electron chi connectivity index (χ3n) is 3.90. The summed E-state index contributed by atoms with van der Waals surface area (Å²) in [6, 6.07) is 7.18. The van der Waals surface area contributed by atoms with Gasteiger partial charge in [0, 0.05) is 34.9 Å². The van der Waals surface area contributed by atoms with Crippen molar-refractivity contribution in [3.05, 3.63) is 34.9 Å². The molecule has 0 aromatic heterocycles. The molecule has 0 fully saturated rings. The van der Waals surface area contributed by atoms with Gasteiger partial charge in [-0.3, -0.25) is 4.21 Å². The molecule has 1 aromatic carbocycles. The van der Waals surface area contributed by atoms with Gasteiger partial charge in [-0.25, -0.2) is 0 Å². The first kappa shape index (κ1) is 13.8. The van der Waals surface area contributed by atoms with Crippen LogP contribution in [-0.4, -0.2) is 22.3 Å². The molecule has 18 heavy (non-hydrogen) atoms. The molecule has 0 saturated heterocycles. The zero-order valence-corrected chi connectivity index (χ0v) is 12.3. The summed E-state index contributed by atoms with van der Waals surface area (Å²) < 4.78 is 11.3. The summed E-state index contributed by atoms with van der Waals surface area (Å²) in [5.74, 6) is 0. The number of aryl methyl sites for hydroxylation is 2. The van der Waals surface area contributed by atoms with Crippen molar-refractivity contribution in [2.24, 2.45) is 0 Å². The largest absolute Gasteiger partial charge is 0.309 e. The van der Waals surface area contributed by atoms with E-state index >= 15 is 0 Å². The Balaban J connectivity index is 1.97. The first-order valence-electron chi connectivity index (χ1n) is 6.75. The number of hydrogen-bond donors (Lipinski definition) is 1. The third-order valence-corrected chi connectivity index (χ3v) is 5.20. The monoisotopic (exact) mass is 265 g/mol. The Hall–Kier alpha value is -0.670. The van der Waals surface area contributed by atoms with Crippen LogP contribution in [0.3, 0.4) is 0 Å². The van der Waals surface area contributed by atoms with E-state index in [4.69, 9.17) is 0 Å². The van der Waals surface area contributed by atoms with Crippen LogP contribution in [0.1, 0.15) is 43.0 Å². The summed E-state index contributed by atoms with van der Waals surface area (Å²) >= 11 is 0. The lowest BCUT2D eigenvalue weighted by molar-refractivity contribution is 0.568. The molecule has 0 heterocycles. The molecular formula is C15H23NOS. The van der Waals surface area contributed by atoms with E-state index in [2.05, 4.69) is 30.4 Å². The van der Waals surface area contributed by atoms with Crippen molar-refractivity contribution >= 4 is 10.8 Å². The van der Waals surface area contributed by atoms with Gasteiger partial charge >= 0.3 is 0 Å². The Morgan fingerprint density at radius 2 is 2.00 bits per heavy atom. The molecule has 3 heteroatoms. The van der Waals surface area contributed by atoms with E-state index in [0.717, 1.165) is 6.54 Å². The van der Waals surface area contributed by atoms with E-state index in [0.29, 0.717) is 6.04 Å². The normalized spacial score (nSPS) is 19.3. The Morgan fingerprint density at radius 3 is 2.72 bits per heavy atom. The highest BCUT2D eigenvalue weighted by Gasteiger charge is 2.14. The van der Waals surface area contributed by atoms with Crippen LogP contribution in [0.4, 0.5) is 0 Å². The fourth-order valence-electron chi connectivity index (χ4n) is 2.44. The van der Waals surface area contributed by atoms with Gasteiger partial charge in [0.1, 0.15) is 0 Å². The lowest BCUT2D eigenvalue weighted by Crippen LogP contribution is -2.29. The first-order chi connectivity index (χ1) is 8.58. The van der Waals surface area contributed by atoms with E-state index < -0.39 is 10.8 Å². The minimum absolute atomic E-state index is 0.210. The molecule has 100 valence electrons. The summed E-state index contributed by atoms with van der Waals surface area (Å²) in [5, 5.41) is 3.69. The summed E-state index contributed by atoms with van der Waals surface area (Å²) in [6.07, 6.45) is 5.54. The minimum atomic E-state index is -0.745. The number of hydrogen-bond acceptors (Lipinski definition) is 2. The van der Waals surface area contributed by atoms with E-state index in [1.807, 2.05) is 6.92 Å². The molecule has 3 atom stereocenters. The maximum atomic E-state index is 11.3. The van der Waals surface area contributed by atoms with Crippen molar-refractivity contribution in [2.75, 3.05) is 12.8 Å². The molecular weight excluding hydrogens is 242 g/mol. The second-order valence-electron chi connectivity index (χ2n) is 5.32. The van der Waals surface area contributed by atoms with E-state index in [-0.39, 0.29) is 5.25 Å². The van der Waals surface area contributed by atoms with Crippen molar-refractivity contribution in [3.8, 4) is 0 Å². The highest BCUT2D eigenvalue weighted by atomic mass is 32.2. The molecule has 1 N–H and O–H groups in total. The van der Waals surface area contributed by atoms with Gasteiger partial charge in [0.15, 0.2) is 0 Å². The van der Waals surface area contributed by atoms with E-state index in [1.54, 1.807) is 6.26 Å². The average Bonchev–Trinajstić information content (AvgIpc) is 2.82. The zero-order valence-electron chi connectivity index (χ0n) is 11.5. The van der Waals surface area contributed by atoms with E-state index in [1.165, 1.54) is 36.0 Å². The second-order valence-corrected chi connectivity index (χ2v) is 7.12. The van der Waals surface area contributed by atoms with Crippen LogP contribution in [0.5, 0.6) is 0 Å². The first-order valence-corrected chi connectivity index (χ1v) is 8.37. The number of nitrogens with one attached hydrogen (secondary N) is 1. The van der Waals surface area contributed by atoms with Gasteiger partial charge in [-0.05, 0) is 49.8 Å². The summed E-state index contributed by atoms with van der Waals surface area (Å²) in [7, 11) is -0.745.